The third kappa shape index (κ3) is 6.94. The first-order valence-corrected chi connectivity index (χ1v) is 10.9. The van der Waals surface area contributed by atoms with Gasteiger partial charge < -0.3 is 14.6 Å². The normalized spacial score (nSPS) is 27.2. The van der Waals surface area contributed by atoms with E-state index in [2.05, 4.69) is 24.0 Å². The molecule has 0 bridgehead atoms. The van der Waals surface area contributed by atoms with E-state index in [1.165, 1.54) is 42.0 Å². The van der Waals surface area contributed by atoms with Crippen LogP contribution >= 0.6 is 11.3 Å². The van der Waals surface area contributed by atoms with Crippen molar-refractivity contribution in [2.45, 2.75) is 70.0 Å². The highest BCUT2D eigenvalue weighted by Gasteiger charge is 2.40. The third-order valence-electron chi connectivity index (χ3n) is 5.50. The first-order valence-electron chi connectivity index (χ1n) is 10.0. The Kier molecular flexibility index (Phi) is 7.58. The topological polar surface area (TPSA) is 59.0 Å². The molecule has 0 spiro atoms. The van der Waals surface area contributed by atoms with Crippen molar-refractivity contribution in [1.29, 1.82) is 0 Å². The van der Waals surface area contributed by atoms with Crippen LogP contribution in [-0.2, 0) is 20.8 Å². The van der Waals surface area contributed by atoms with Gasteiger partial charge in [-0.3, -0.25) is 4.90 Å². The zero-order valence-corrected chi connectivity index (χ0v) is 17.3. The number of hydrogen-bond donors (Lipinski definition) is 1. The summed E-state index contributed by atoms with van der Waals surface area (Å²) in [5.41, 5.74) is 0. The van der Waals surface area contributed by atoms with Crippen molar-refractivity contribution < 1.29 is 32.5 Å². The minimum atomic E-state index is -5.08. The highest BCUT2D eigenvalue weighted by molar-refractivity contribution is 7.11. The van der Waals surface area contributed by atoms with E-state index in [0.717, 1.165) is 32.1 Å². The molecule has 1 aliphatic carbocycles. The van der Waals surface area contributed by atoms with Crippen molar-refractivity contribution in [3.05, 3.63) is 21.9 Å². The molecule has 2 aliphatic heterocycles. The highest BCUT2D eigenvalue weighted by Crippen LogP contribution is 2.34. The standard InChI is InChI=1S/C18H27NO2S.C2HF3O2/c1-13-2-6-16(22-13)10-19-9-8-18-17(19)7-5-15(21-18)12-20-11-14-3-4-14;3-2(4,5)1(6)7/h2,6,14-15,17-18H,3-5,7-12H2,1H3;(H,6,7)/t15-,17-,18-;/m1./s1. The van der Waals surface area contributed by atoms with E-state index in [9.17, 15) is 13.2 Å². The molecule has 2 saturated heterocycles. The van der Waals surface area contributed by atoms with E-state index < -0.39 is 12.1 Å². The summed E-state index contributed by atoms with van der Waals surface area (Å²) in [5.74, 6) is -1.90. The van der Waals surface area contributed by atoms with Crippen LogP contribution in [0.3, 0.4) is 0 Å². The number of ether oxygens (including phenoxy) is 2. The summed E-state index contributed by atoms with van der Waals surface area (Å²) in [5, 5.41) is 7.12. The molecule has 1 N–H and O–H groups in total. The average molecular weight is 436 g/mol. The fourth-order valence-electron chi connectivity index (χ4n) is 3.83. The lowest BCUT2D eigenvalue weighted by molar-refractivity contribution is -0.192. The zero-order valence-electron chi connectivity index (χ0n) is 16.5. The molecule has 9 heteroatoms. The highest BCUT2D eigenvalue weighted by atomic mass is 32.1. The van der Waals surface area contributed by atoms with Crippen molar-refractivity contribution in [3.63, 3.8) is 0 Å². The third-order valence-corrected chi connectivity index (χ3v) is 6.49. The van der Waals surface area contributed by atoms with Gasteiger partial charge in [0.25, 0.3) is 0 Å². The molecule has 5 nitrogen and oxygen atoms in total. The van der Waals surface area contributed by atoms with Crippen LogP contribution in [-0.4, -0.2) is 60.2 Å². The van der Waals surface area contributed by atoms with Gasteiger partial charge in [-0.15, -0.1) is 11.3 Å². The molecule has 1 aromatic heterocycles. The Hall–Kier alpha value is -1.16. The molecular weight excluding hydrogens is 407 g/mol. The largest absolute Gasteiger partial charge is 0.490 e. The Morgan fingerprint density at radius 2 is 1.97 bits per heavy atom. The molecule has 0 radical (unpaired) electrons. The summed E-state index contributed by atoms with van der Waals surface area (Å²) in [6, 6.07) is 5.14. The van der Waals surface area contributed by atoms with Crippen LogP contribution in [0.2, 0.25) is 0 Å². The molecule has 3 aliphatic rings. The van der Waals surface area contributed by atoms with Crippen LogP contribution in [0, 0.1) is 12.8 Å². The Balaban J connectivity index is 0.000000298. The van der Waals surface area contributed by atoms with Crippen molar-refractivity contribution in [2.75, 3.05) is 19.8 Å². The molecule has 4 rings (SSSR count). The Labute approximate surface area is 172 Å². The summed E-state index contributed by atoms with van der Waals surface area (Å²) >= 11 is 1.93. The number of nitrogens with zero attached hydrogens (tertiary/aromatic N) is 1. The number of thiophene rings is 1. The molecule has 0 unspecified atom stereocenters. The lowest BCUT2D eigenvalue weighted by Gasteiger charge is -2.35. The molecule has 3 fully saturated rings. The number of likely N-dealkylation sites (tertiary alicyclic amines) is 1. The molecule has 3 heterocycles. The van der Waals surface area contributed by atoms with E-state index in [0.29, 0.717) is 18.2 Å². The van der Waals surface area contributed by atoms with E-state index in [4.69, 9.17) is 19.4 Å². The molecule has 1 aromatic rings. The van der Waals surface area contributed by atoms with Gasteiger partial charge in [-0.25, -0.2) is 4.79 Å². The maximum absolute atomic E-state index is 10.6. The first kappa shape index (κ1) is 22.5. The second-order valence-corrected chi connectivity index (χ2v) is 9.37. The van der Waals surface area contributed by atoms with Gasteiger partial charge in [0.05, 0.1) is 18.8 Å². The van der Waals surface area contributed by atoms with Gasteiger partial charge >= 0.3 is 12.1 Å². The van der Waals surface area contributed by atoms with Gasteiger partial charge in [0, 0.05) is 35.5 Å². The number of halogens is 3. The second-order valence-electron chi connectivity index (χ2n) is 8.00. The predicted molar refractivity (Wildman–Crippen MR) is 103 cm³/mol. The van der Waals surface area contributed by atoms with Crippen LogP contribution in [0.25, 0.3) is 0 Å². The Morgan fingerprint density at radius 3 is 2.55 bits per heavy atom. The number of carboxylic acid groups (broad SMARTS) is 1. The predicted octanol–water partition coefficient (Wildman–Crippen LogP) is 4.24. The van der Waals surface area contributed by atoms with Crippen LogP contribution in [0.1, 0.15) is 41.9 Å². The maximum Gasteiger partial charge on any atom is 0.490 e. The van der Waals surface area contributed by atoms with E-state index in [-0.39, 0.29) is 0 Å². The molecule has 0 amide bonds. The molecule has 0 aromatic carbocycles. The lowest BCUT2D eigenvalue weighted by Crippen LogP contribution is -2.43. The zero-order chi connectivity index (χ0) is 21.0. The quantitative estimate of drug-likeness (QED) is 0.724. The van der Waals surface area contributed by atoms with E-state index in [1.54, 1.807) is 0 Å². The second kappa shape index (κ2) is 9.76. The van der Waals surface area contributed by atoms with Crippen molar-refractivity contribution in [3.8, 4) is 0 Å². The molecular formula is C20H28F3NO4S. The summed E-state index contributed by atoms with van der Waals surface area (Å²) in [7, 11) is 0. The fraction of sp³-hybridized carbons (Fsp3) is 0.750. The number of carbonyl (C=O) groups is 1. The van der Waals surface area contributed by atoms with Gasteiger partial charge in [-0.2, -0.15) is 13.2 Å². The summed E-state index contributed by atoms with van der Waals surface area (Å²) in [6.07, 6.45) is 2.04. The number of carboxylic acids is 1. The SMILES string of the molecule is Cc1ccc(CN2CC[C@H]3O[C@@H](COCC4CC4)CC[C@H]32)s1.O=C(O)C(F)(F)F. The fourth-order valence-corrected chi connectivity index (χ4v) is 4.74. The minimum Gasteiger partial charge on any atom is -0.475 e. The smallest absolute Gasteiger partial charge is 0.475 e. The minimum absolute atomic E-state index is 0.337. The monoisotopic (exact) mass is 435 g/mol. The van der Waals surface area contributed by atoms with Gasteiger partial charge in [-0.05, 0) is 57.1 Å². The Bertz CT molecular complexity index is 677. The first-order chi connectivity index (χ1) is 13.7. The van der Waals surface area contributed by atoms with Crippen molar-refractivity contribution in [2.24, 2.45) is 5.92 Å². The number of aliphatic carboxylic acids is 1. The van der Waals surface area contributed by atoms with Gasteiger partial charge in [0.1, 0.15) is 0 Å². The lowest BCUT2D eigenvalue weighted by atomic mass is 9.99. The summed E-state index contributed by atoms with van der Waals surface area (Å²) < 4.78 is 43.9. The molecule has 164 valence electrons. The van der Waals surface area contributed by atoms with Crippen molar-refractivity contribution >= 4 is 17.3 Å². The van der Waals surface area contributed by atoms with E-state index in [1.807, 2.05) is 11.3 Å². The summed E-state index contributed by atoms with van der Waals surface area (Å²) in [4.78, 5) is 14.4. The number of rotatable bonds is 6. The summed E-state index contributed by atoms with van der Waals surface area (Å²) in [6.45, 7) is 6.24. The Morgan fingerprint density at radius 1 is 1.24 bits per heavy atom. The van der Waals surface area contributed by atoms with Gasteiger partial charge in [0.2, 0.25) is 0 Å². The number of aryl methyl sites for hydroxylation is 1. The number of alkyl halides is 3. The molecule has 3 atom stereocenters. The molecule has 1 saturated carbocycles. The van der Waals surface area contributed by atoms with Gasteiger partial charge in [-0.1, -0.05) is 0 Å². The average Bonchev–Trinajstić information content (AvgIpc) is 3.26. The van der Waals surface area contributed by atoms with E-state index >= 15 is 0 Å². The maximum atomic E-state index is 10.6. The molecule has 29 heavy (non-hydrogen) atoms. The van der Waals surface area contributed by atoms with Crippen LogP contribution in [0.15, 0.2) is 12.1 Å². The number of fused-ring (bicyclic) bond motifs is 1. The van der Waals surface area contributed by atoms with Crippen LogP contribution < -0.4 is 0 Å². The van der Waals surface area contributed by atoms with Gasteiger partial charge in [0.15, 0.2) is 0 Å². The van der Waals surface area contributed by atoms with Crippen molar-refractivity contribution in [1.82, 2.24) is 4.90 Å². The van der Waals surface area contributed by atoms with Crippen LogP contribution in [0.4, 0.5) is 13.2 Å². The van der Waals surface area contributed by atoms with Crippen LogP contribution in [0.5, 0.6) is 0 Å². The number of hydrogen-bond acceptors (Lipinski definition) is 5.